The normalized spacial score (nSPS) is 11.8. The van der Waals surface area contributed by atoms with Crippen LogP contribution in [0.3, 0.4) is 0 Å². The standard InChI is InChI=1S/C13H18Cl4O2Si/c1-4-5-6-7-18-20(2,3)19-13-11(16)9(14)8-10(15)12(13)17/h8H,4-7H2,1-3H3. The minimum Gasteiger partial charge on any atom is -0.518 e. The molecule has 0 N–H and O–H groups in total. The molecule has 1 aromatic rings. The minimum absolute atomic E-state index is 0.263. The second kappa shape index (κ2) is 8.11. The van der Waals surface area contributed by atoms with Crippen LogP contribution >= 0.6 is 46.4 Å². The molecule has 0 aliphatic heterocycles. The highest BCUT2D eigenvalue weighted by Gasteiger charge is 2.30. The summed E-state index contributed by atoms with van der Waals surface area (Å²) >= 11 is 24.2. The van der Waals surface area contributed by atoms with E-state index in [2.05, 4.69) is 6.92 Å². The number of unbranched alkanes of at least 4 members (excludes halogenated alkanes) is 2. The molecular formula is C13H18Cl4O2Si. The van der Waals surface area contributed by atoms with Gasteiger partial charge in [0.05, 0.1) is 10.0 Å². The van der Waals surface area contributed by atoms with Gasteiger partial charge in [-0.3, -0.25) is 0 Å². The van der Waals surface area contributed by atoms with Crippen molar-refractivity contribution in [3.8, 4) is 5.75 Å². The molecule has 0 amide bonds. The Morgan fingerprint density at radius 1 is 1.00 bits per heavy atom. The summed E-state index contributed by atoms with van der Waals surface area (Å²) in [6.45, 7) is 6.67. The molecule has 1 aromatic carbocycles. The summed E-state index contributed by atoms with van der Waals surface area (Å²) in [5.74, 6) is 0.304. The number of halogens is 4. The Morgan fingerprint density at radius 2 is 1.55 bits per heavy atom. The van der Waals surface area contributed by atoms with Gasteiger partial charge in [0.2, 0.25) is 0 Å². The van der Waals surface area contributed by atoms with Crippen LogP contribution in [0.15, 0.2) is 6.07 Å². The monoisotopic (exact) mass is 374 g/mol. The molecule has 0 aromatic heterocycles. The van der Waals surface area contributed by atoms with Gasteiger partial charge in [0, 0.05) is 6.61 Å². The van der Waals surface area contributed by atoms with Crippen molar-refractivity contribution >= 4 is 55.0 Å². The molecule has 0 radical (unpaired) electrons. The highest BCUT2D eigenvalue weighted by Crippen LogP contribution is 2.43. The lowest BCUT2D eigenvalue weighted by Crippen LogP contribution is -2.38. The third-order valence-corrected chi connectivity index (χ3v) is 5.75. The summed E-state index contributed by atoms with van der Waals surface area (Å²) in [6.07, 6.45) is 3.29. The van der Waals surface area contributed by atoms with Gasteiger partial charge in [-0.1, -0.05) is 66.2 Å². The second-order valence-electron chi connectivity index (χ2n) is 4.85. The predicted molar refractivity (Wildman–Crippen MR) is 90.1 cm³/mol. The van der Waals surface area contributed by atoms with Crippen molar-refractivity contribution in [2.24, 2.45) is 0 Å². The molecule has 114 valence electrons. The molecule has 2 nitrogen and oxygen atoms in total. The van der Waals surface area contributed by atoms with E-state index < -0.39 is 8.56 Å². The number of hydrogen-bond acceptors (Lipinski definition) is 2. The Bertz CT molecular complexity index is 440. The Labute approximate surface area is 141 Å². The summed E-state index contributed by atoms with van der Waals surface area (Å²) in [5.41, 5.74) is 0. The van der Waals surface area contributed by atoms with E-state index >= 15 is 0 Å². The Kier molecular flexibility index (Phi) is 7.47. The van der Waals surface area contributed by atoms with Crippen LogP contribution in [-0.4, -0.2) is 15.2 Å². The fourth-order valence-corrected chi connectivity index (χ4v) is 3.98. The van der Waals surface area contributed by atoms with Crippen molar-refractivity contribution in [3.05, 3.63) is 26.2 Å². The smallest absolute Gasteiger partial charge is 0.392 e. The van der Waals surface area contributed by atoms with Gasteiger partial charge in [0.1, 0.15) is 15.8 Å². The first-order valence-electron chi connectivity index (χ1n) is 6.44. The predicted octanol–water partition coefficient (Wildman–Crippen LogP) is 6.59. The van der Waals surface area contributed by atoms with E-state index in [0.29, 0.717) is 22.4 Å². The first-order valence-corrected chi connectivity index (χ1v) is 10.8. The lowest BCUT2D eigenvalue weighted by atomic mass is 10.3. The average Bonchev–Trinajstić information content (AvgIpc) is 2.38. The van der Waals surface area contributed by atoms with Crippen LogP contribution in [-0.2, 0) is 4.43 Å². The molecule has 7 heteroatoms. The van der Waals surface area contributed by atoms with Crippen LogP contribution < -0.4 is 4.43 Å². The fourth-order valence-electron chi connectivity index (χ4n) is 1.59. The first kappa shape index (κ1) is 18.4. The lowest BCUT2D eigenvalue weighted by molar-refractivity contribution is 0.242. The number of hydrogen-bond donors (Lipinski definition) is 0. The van der Waals surface area contributed by atoms with Gasteiger partial charge < -0.3 is 8.85 Å². The van der Waals surface area contributed by atoms with Crippen molar-refractivity contribution < 1.29 is 8.85 Å². The summed E-state index contributed by atoms with van der Waals surface area (Å²) in [6, 6.07) is 1.50. The highest BCUT2D eigenvalue weighted by atomic mass is 35.5. The Hall–Kier alpha value is 0.357. The van der Waals surface area contributed by atoms with E-state index in [1.165, 1.54) is 6.07 Å². The topological polar surface area (TPSA) is 18.5 Å². The molecule has 0 saturated heterocycles. The molecule has 0 fully saturated rings. The van der Waals surface area contributed by atoms with Crippen LogP contribution in [0.2, 0.25) is 33.2 Å². The Morgan fingerprint density at radius 3 is 2.05 bits per heavy atom. The molecule has 0 heterocycles. The summed E-state index contributed by atoms with van der Waals surface area (Å²) < 4.78 is 11.7. The molecule has 0 atom stereocenters. The highest BCUT2D eigenvalue weighted by molar-refractivity contribution is 6.65. The zero-order valence-electron chi connectivity index (χ0n) is 11.7. The molecular weight excluding hydrogens is 358 g/mol. The van der Waals surface area contributed by atoms with Gasteiger partial charge in [-0.05, 0) is 25.6 Å². The molecule has 0 unspecified atom stereocenters. The molecule has 0 aliphatic rings. The zero-order chi connectivity index (χ0) is 15.3. The minimum atomic E-state index is -2.39. The average molecular weight is 376 g/mol. The lowest BCUT2D eigenvalue weighted by Gasteiger charge is -2.25. The number of rotatable bonds is 7. The third-order valence-electron chi connectivity index (χ3n) is 2.62. The molecule has 0 spiro atoms. The van der Waals surface area contributed by atoms with Gasteiger partial charge in [-0.15, -0.1) is 0 Å². The maximum Gasteiger partial charge on any atom is 0.392 e. The van der Waals surface area contributed by atoms with Crippen molar-refractivity contribution in [2.75, 3.05) is 6.61 Å². The molecule has 0 bridgehead atoms. The van der Waals surface area contributed by atoms with Crippen LogP contribution in [0.1, 0.15) is 26.2 Å². The first-order chi connectivity index (χ1) is 9.28. The van der Waals surface area contributed by atoms with Gasteiger partial charge in [-0.25, -0.2) is 0 Å². The second-order valence-corrected chi connectivity index (χ2v) is 9.72. The quantitative estimate of drug-likeness (QED) is 0.304. The van der Waals surface area contributed by atoms with Crippen molar-refractivity contribution in [1.82, 2.24) is 0 Å². The van der Waals surface area contributed by atoms with E-state index in [1.54, 1.807) is 0 Å². The van der Waals surface area contributed by atoms with Crippen molar-refractivity contribution in [1.29, 1.82) is 0 Å². The van der Waals surface area contributed by atoms with Gasteiger partial charge >= 0.3 is 8.56 Å². The van der Waals surface area contributed by atoms with Gasteiger partial charge in [0.15, 0.2) is 0 Å². The number of benzene rings is 1. The summed E-state index contributed by atoms with van der Waals surface area (Å²) in [4.78, 5) is 0. The molecule has 1 rings (SSSR count). The van der Waals surface area contributed by atoms with Crippen LogP contribution in [0.25, 0.3) is 0 Å². The van der Waals surface area contributed by atoms with E-state index in [-0.39, 0.29) is 10.0 Å². The zero-order valence-corrected chi connectivity index (χ0v) is 15.8. The maximum absolute atomic E-state index is 6.13. The summed E-state index contributed by atoms with van der Waals surface area (Å²) in [5, 5.41) is 1.15. The van der Waals surface area contributed by atoms with Crippen LogP contribution in [0, 0.1) is 0 Å². The van der Waals surface area contributed by atoms with Crippen molar-refractivity contribution in [2.45, 2.75) is 39.3 Å². The van der Waals surface area contributed by atoms with Crippen molar-refractivity contribution in [3.63, 3.8) is 0 Å². The Balaban J connectivity index is 2.81. The molecule has 0 saturated carbocycles. The molecule has 20 heavy (non-hydrogen) atoms. The van der Waals surface area contributed by atoms with E-state index in [4.69, 9.17) is 55.3 Å². The molecule has 0 aliphatic carbocycles. The van der Waals surface area contributed by atoms with Gasteiger partial charge in [0.25, 0.3) is 0 Å². The van der Waals surface area contributed by atoms with E-state index in [9.17, 15) is 0 Å². The van der Waals surface area contributed by atoms with Gasteiger partial charge in [-0.2, -0.15) is 0 Å². The fraction of sp³-hybridized carbons (Fsp3) is 0.538. The van der Waals surface area contributed by atoms with Crippen LogP contribution in [0.4, 0.5) is 0 Å². The maximum atomic E-state index is 6.13. The summed E-state index contributed by atoms with van der Waals surface area (Å²) in [7, 11) is -2.39. The SMILES string of the molecule is CCCCCO[Si](C)(C)Oc1c(Cl)c(Cl)cc(Cl)c1Cl. The third kappa shape index (κ3) is 5.28. The van der Waals surface area contributed by atoms with E-state index in [0.717, 1.165) is 19.3 Å². The van der Waals surface area contributed by atoms with E-state index in [1.807, 2.05) is 13.1 Å². The van der Waals surface area contributed by atoms with Crippen LogP contribution in [0.5, 0.6) is 5.75 Å². The largest absolute Gasteiger partial charge is 0.518 e.